The Hall–Kier alpha value is 3.20. The van der Waals surface area contributed by atoms with Gasteiger partial charge in [-0.25, -0.2) is 0 Å². The van der Waals surface area contributed by atoms with Gasteiger partial charge in [0.1, 0.15) is 0 Å². The van der Waals surface area contributed by atoms with Crippen molar-refractivity contribution in [3.8, 4) is 0 Å². The smallest absolute Gasteiger partial charge is 0.894 e. The zero-order valence-corrected chi connectivity index (χ0v) is 12.6. The maximum absolute atomic E-state index is 8.58. The van der Waals surface area contributed by atoms with Crippen LogP contribution in [0.3, 0.4) is 0 Å². The standard InChI is InChI=1S/2Ca.O4Si.Zn/c;;1-5(2,3)4;/q2*+2;-4;. The summed E-state index contributed by atoms with van der Waals surface area (Å²) in [6.07, 6.45) is 0. The topological polar surface area (TPSA) is 92.2 Å². The SMILES string of the molecule is [Ca+2].[Ca+2].[O-][Si]([O-])([O-])[O-].[Zn]. The van der Waals surface area contributed by atoms with Gasteiger partial charge in [-0.1, -0.05) is 0 Å². The maximum atomic E-state index is 8.58. The van der Waals surface area contributed by atoms with Crippen molar-refractivity contribution in [3.63, 3.8) is 0 Å². The minimum absolute atomic E-state index is 0. The van der Waals surface area contributed by atoms with Gasteiger partial charge in [-0.2, -0.15) is 0 Å². The van der Waals surface area contributed by atoms with Crippen molar-refractivity contribution in [2.75, 3.05) is 0 Å². The van der Waals surface area contributed by atoms with Gasteiger partial charge in [0.05, 0.1) is 0 Å². The molecule has 0 aromatic heterocycles. The Morgan fingerprint density at radius 1 is 0.750 bits per heavy atom. The molecule has 0 rings (SSSR count). The van der Waals surface area contributed by atoms with Crippen molar-refractivity contribution in [2.24, 2.45) is 0 Å². The van der Waals surface area contributed by atoms with E-state index >= 15 is 0 Å². The Morgan fingerprint density at radius 3 is 0.750 bits per heavy atom. The summed E-state index contributed by atoms with van der Waals surface area (Å²) in [6, 6.07) is 0. The Labute approximate surface area is 121 Å². The monoisotopic (exact) mass is 236 g/mol. The van der Waals surface area contributed by atoms with Crippen LogP contribution in [0.4, 0.5) is 0 Å². The third-order valence-electron chi connectivity index (χ3n) is 0. The molecule has 0 spiro atoms. The fourth-order valence-corrected chi connectivity index (χ4v) is 0. The molecule has 0 fully saturated rings. The Morgan fingerprint density at radius 2 is 0.750 bits per heavy atom. The first-order chi connectivity index (χ1) is 2.00. The van der Waals surface area contributed by atoms with E-state index in [0.717, 1.165) is 0 Å². The third-order valence-corrected chi connectivity index (χ3v) is 0. The molecule has 0 N–H and O–H groups in total. The first kappa shape index (κ1) is 22.5. The van der Waals surface area contributed by atoms with E-state index in [0.29, 0.717) is 0 Å². The van der Waals surface area contributed by atoms with E-state index in [1.807, 2.05) is 0 Å². The molecular formula is Ca2O4SiZn. The van der Waals surface area contributed by atoms with E-state index in [2.05, 4.69) is 0 Å². The van der Waals surface area contributed by atoms with Gasteiger partial charge in [0, 0.05) is 19.5 Å². The predicted molar refractivity (Wildman–Crippen MR) is 17.3 cm³/mol. The van der Waals surface area contributed by atoms with Crippen LogP contribution in [-0.4, -0.2) is 84.5 Å². The van der Waals surface area contributed by atoms with Gasteiger partial charge in [-0.15, -0.1) is 0 Å². The van der Waals surface area contributed by atoms with Gasteiger partial charge in [0.15, 0.2) is 0 Å². The van der Waals surface area contributed by atoms with Crippen LogP contribution in [0.1, 0.15) is 0 Å². The first-order valence-corrected chi connectivity index (χ1v) is 2.45. The molecule has 0 bridgehead atoms. The molecule has 0 atom stereocenters. The van der Waals surface area contributed by atoms with Crippen LogP contribution >= 0.6 is 0 Å². The first-order valence-electron chi connectivity index (χ1n) is 0.816. The zero-order chi connectivity index (χ0) is 4.50. The normalized spacial score (nSPS) is 7.50. The largest absolute Gasteiger partial charge is 2.00 e. The molecule has 0 aromatic carbocycles. The third kappa shape index (κ3) is 60.4. The Balaban J connectivity index is -0.0000000267. The molecule has 0 aliphatic heterocycles. The van der Waals surface area contributed by atoms with Gasteiger partial charge in [0.25, 0.3) is 0 Å². The molecule has 4 nitrogen and oxygen atoms in total. The minimum atomic E-state index is -5.61. The van der Waals surface area contributed by atoms with Crippen LogP contribution in [0, 0.1) is 0 Å². The van der Waals surface area contributed by atoms with Crippen molar-refractivity contribution in [1.29, 1.82) is 0 Å². The van der Waals surface area contributed by atoms with Gasteiger partial charge >= 0.3 is 75.5 Å². The number of hydrogen-bond donors (Lipinski definition) is 0. The van der Waals surface area contributed by atoms with Crippen LogP contribution in [-0.2, 0) is 19.5 Å². The molecule has 8 heavy (non-hydrogen) atoms. The molecule has 8 heteroatoms. The van der Waals surface area contributed by atoms with Gasteiger partial charge < -0.3 is 28.2 Å². The molecule has 34 valence electrons. The second-order valence-electron chi connectivity index (χ2n) is 0.500. The van der Waals surface area contributed by atoms with Crippen molar-refractivity contribution < 1.29 is 38.7 Å². The average molecular weight is 238 g/mol. The second kappa shape index (κ2) is 10.2. The van der Waals surface area contributed by atoms with E-state index in [4.69, 9.17) is 19.2 Å². The van der Waals surface area contributed by atoms with E-state index in [-0.39, 0.29) is 95.0 Å². The summed E-state index contributed by atoms with van der Waals surface area (Å²) < 4.78 is 0. The van der Waals surface area contributed by atoms with Crippen molar-refractivity contribution in [2.45, 2.75) is 0 Å². The zero-order valence-electron chi connectivity index (χ0n) is 4.25. The fourth-order valence-electron chi connectivity index (χ4n) is 0. The summed E-state index contributed by atoms with van der Waals surface area (Å²) in [5, 5.41) is 0. The van der Waals surface area contributed by atoms with E-state index < -0.39 is 9.05 Å². The second-order valence-corrected chi connectivity index (χ2v) is 1.50. The van der Waals surface area contributed by atoms with E-state index in [1.54, 1.807) is 0 Å². The van der Waals surface area contributed by atoms with Gasteiger partial charge in [0.2, 0.25) is 0 Å². The summed E-state index contributed by atoms with van der Waals surface area (Å²) >= 11 is 0. The molecule has 0 aliphatic carbocycles. The number of rotatable bonds is 0. The van der Waals surface area contributed by atoms with Crippen LogP contribution in [0.5, 0.6) is 0 Å². The predicted octanol–water partition coefficient (Wildman–Crippen LogP) is -5.90. The molecule has 0 heterocycles. The Kier molecular flexibility index (Phi) is 28.7. The molecule has 0 amide bonds. The van der Waals surface area contributed by atoms with E-state index in [9.17, 15) is 0 Å². The van der Waals surface area contributed by atoms with Crippen molar-refractivity contribution in [3.05, 3.63) is 0 Å². The van der Waals surface area contributed by atoms with Crippen molar-refractivity contribution in [1.82, 2.24) is 0 Å². The summed E-state index contributed by atoms with van der Waals surface area (Å²) in [6.45, 7) is 0. The molecule has 0 radical (unpaired) electrons. The number of hydrogen-bond acceptors (Lipinski definition) is 4. The van der Waals surface area contributed by atoms with Crippen molar-refractivity contribution >= 4 is 84.5 Å². The quantitative estimate of drug-likeness (QED) is 0.392. The van der Waals surface area contributed by atoms with Crippen LogP contribution in [0.2, 0.25) is 0 Å². The van der Waals surface area contributed by atoms with Gasteiger partial charge in [-0.05, 0) is 0 Å². The molecule has 0 saturated heterocycles. The summed E-state index contributed by atoms with van der Waals surface area (Å²) in [5.41, 5.74) is 0. The summed E-state index contributed by atoms with van der Waals surface area (Å²) in [4.78, 5) is 34.3. The fraction of sp³-hybridized carbons (Fsp3) is 0. The van der Waals surface area contributed by atoms with Crippen LogP contribution in [0.15, 0.2) is 0 Å². The molecular weight excluding hydrogens is 238 g/mol. The maximum Gasteiger partial charge on any atom is 2.00 e. The Bertz CT molecular complexity index is 29.5. The molecule has 0 aromatic rings. The molecule has 0 unspecified atom stereocenters. The summed E-state index contributed by atoms with van der Waals surface area (Å²) in [5.74, 6) is 0. The summed E-state index contributed by atoms with van der Waals surface area (Å²) in [7, 11) is -5.61. The molecule has 0 saturated carbocycles. The van der Waals surface area contributed by atoms with Gasteiger partial charge in [-0.3, -0.25) is 0 Å². The van der Waals surface area contributed by atoms with Crippen LogP contribution < -0.4 is 19.2 Å². The average Bonchev–Trinajstić information content (AvgIpc) is 0.722. The minimum Gasteiger partial charge on any atom is -0.894 e. The van der Waals surface area contributed by atoms with E-state index in [1.165, 1.54) is 0 Å². The van der Waals surface area contributed by atoms with Crippen LogP contribution in [0.25, 0.3) is 0 Å². The molecule has 0 aliphatic rings.